The molecule has 114 valence electrons. The number of amides is 1. The van der Waals surface area contributed by atoms with Crippen LogP contribution in [0, 0.1) is 6.92 Å². The van der Waals surface area contributed by atoms with E-state index < -0.39 is 0 Å². The van der Waals surface area contributed by atoms with Gasteiger partial charge in [-0.25, -0.2) is 0 Å². The van der Waals surface area contributed by atoms with Crippen LogP contribution in [0.2, 0.25) is 0 Å². The van der Waals surface area contributed by atoms with Crippen LogP contribution in [-0.4, -0.2) is 31.6 Å². The van der Waals surface area contributed by atoms with Gasteiger partial charge in [0.05, 0.1) is 17.6 Å². The van der Waals surface area contributed by atoms with Gasteiger partial charge in [0.2, 0.25) is 5.91 Å². The van der Waals surface area contributed by atoms with Crippen LogP contribution < -0.4 is 5.32 Å². The molecule has 0 saturated heterocycles. The summed E-state index contributed by atoms with van der Waals surface area (Å²) in [5.41, 5.74) is 0.883. The summed E-state index contributed by atoms with van der Waals surface area (Å²) in [4.78, 5) is 11.8. The first-order valence-corrected chi connectivity index (χ1v) is 7.40. The molecule has 0 aliphatic rings. The van der Waals surface area contributed by atoms with E-state index in [1.807, 2.05) is 24.6 Å². The summed E-state index contributed by atoms with van der Waals surface area (Å²) < 4.78 is 11.7. The highest BCUT2D eigenvalue weighted by Gasteiger charge is 2.16. The van der Waals surface area contributed by atoms with E-state index in [1.54, 1.807) is 12.3 Å². The molecule has 0 spiro atoms. The lowest BCUT2D eigenvalue weighted by Gasteiger charge is -2.03. The van der Waals surface area contributed by atoms with Gasteiger partial charge in [-0.15, -0.1) is 10.2 Å². The standard InChI is InChI=1S/C13H13N5O3S/c1-8-9(3-5-20-8)12-15-16-13(18(12)2)22-7-11(19)14-10-4-6-21-17-10/h3-6H,7H2,1-2H3,(H,14,17,19). The number of carbonyl (C=O) groups is 1. The van der Waals surface area contributed by atoms with Gasteiger partial charge in [-0.2, -0.15) is 0 Å². The van der Waals surface area contributed by atoms with E-state index in [1.165, 1.54) is 18.0 Å². The van der Waals surface area contributed by atoms with Crippen molar-refractivity contribution in [2.75, 3.05) is 11.1 Å². The first-order valence-electron chi connectivity index (χ1n) is 6.42. The second-order valence-corrected chi connectivity index (χ2v) is 5.42. The van der Waals surface area contributed by atoms with Gasteiger partial charge in [0.15, 0.2) is 16.8 Å². The fourth-order valence-corrected chi connectivity index (χ4v) is 2.59. The summed E-state index contributed by atoms with van der Waals surface area (Å²) in [6.07, 6.45) is 3.00. The topological polar surface area (TPSA) is 99.0 Å². The van der Waals surface area contributed by atoms with Gasteiger partial charge in [-0.05, 0) is 13.0 Å². The number of thioether (sulfide) groups is 1. The molecule has 0 saturated carbocycles. The van der Waals surface area contributed by atoms with Gasteiger partial charge in [0, 0.05) is 13.1 Å². The van der Waals surface area contributed by atoms with Crippen LogP contribution in [0.25, 0.3) is 11.4 Å². The Balaban J connectivity index is 1.65. The number of hydrogen-bond donors (Lipinski definition) is 1. The maximum absolute atomic E-state index is 11.8. The number of anilines is 1. The number of hydrogen-bond acceptors (Lipinski definition) is 7. The van der Waals surface area contributed by atoms with Gasteiger partial charge in [0.1, 0.15) is 12.0 Å². The van der Waals surface area contributed by atoms with Crippen molar-refractivity contribution in [1.82, 2.24) is 19.9 Å². The molecule has 9 heteroatoms. The molecule has 3 rings (SSSR count). The molecule has 0 aliphatic carbocycles. The Bertz CT molecular complexity index is 778. The monoisotopic (exact) mass is 319 g/mol. The summed E-state index contributed by atoms with van der Waals surface area (Å²) in [6.45, 7) is 1.86. The maximum Gasteiger partial charge on any atom is 0.236 e. The van der Waals surface area contributed by atoms with E-state index in [4.69, 9.17) is 4.42 Å². The molecule has 0 unspecified atom stereocenters. The minimum Gasteiger partial charge on any atom is -0.469 e. The van der Waals surface area contributed by atoms with Crippen LogP contribution in [-0.2, 0) is 11.8 Å². The highest BCUT2D eigenvalue weighted by molar-refractivity contribution is 7.99. The first kappa shape index (κ1) is 14.4. The fourth-order valence-electron chi connectivity index (χ4n) is 1.88. The van der Waals surface area contributed by atoms with Crippen LogP contribution in [0.3, 0.4) is 0 Å². The van der Waals surface area contributed by atoms with Crippen molar-refractivity contribution in [2.24, 2.45) is 7.05 Å². The van der Waals surface area contributed by atoms with Gasteiger partial charge in [0.25, 0.3) is 0 Å². The van der Waals surface area contributed by atoms with E-state index in [9.17, 15) is 4.79 Å². The van der Waals surface area contributed by atoms with Crippen molar-refractivity contribution in [3.05, 3.63) is 30.4 Å². The van der Waals surface area contributed by atoms with Gasteiger partial charge >= 0.3 is 0 Å². The lowest BCUT2D eigenvalue weighted by molar-refractivity contribution is -0.113. The average molecular weight is 319 g/mol. The Morgan fingerprint density at radius 2 is 2.23 bits per heavy atom. The van der Waals surface area contributed by atoms with Crippen molar-refractivity contribution in [2.45, 2.75) is 12.1 Å². The third-order valence-corrected chi connectivity index (χ3v) is 3.99. The second kappa shape index (κ2) is 6.06. The Morgan fingerprint density at radius 1 is 1.36 bits per heavy atom. The quantitative estimate of drug-likeness (QED) is 0.719. The molecule has 8 nitrogen and oxygen atoms in total. The van der Waals surface area contributed by atoms with Crippen molar-refractivity contribution < 1.29 is 13.7 Å². The molecule has 3 heterocycles. The van der Waals surface area contributed by atoms with E-state index in [0.29, 0.717) is 16.8 Å². The van der Waals surface area contributed by atoms with Crippen LogP contribution >= 0.6 is 11.8 Å². The number of furan rings is 1. The lowest BCUT2D eigenvalue weighted by atomic mass is 10.2. The highest BCUT2D eigenvalue weighted by atomic mass is 32.2. The molecule has 1 N–H and O–H groups in total. The van der Waals surface area contributed by atoms with E-state index >= 15 is 0 Å². The van der Waals surface area contributed by atoms with Crippen LogP contribution in [0.1, 0.15) is 5.76 Å². The predicted molar refractivity (Wildman–Crippen MR) is 79.3 cm³/mol. The second-order valence-electron chi connectivity index (χ2n) is 4.48. The van der Waals surface area contributed by atoms with Crippen molar-refractivity contribution >= 4 is 23.5 Å². The number of nitrogens with one attached hydrogen (secondary N) is 1. The number of aryl methyl sites for hydroxylation is 1. The van der Waals surface area contributed by atoms with Gasteiger partial charge < -0.3 is 18.8 Å². The summed E-state index contributed by atoms with van der Waals surface area (Å²) >= 11 is 1.29. The van der Waals surface area contributed by atoms with Crippen LogP contribution in [0.4, 0.5) is 5.82 Å². The average Bonchev–Trinajstić information content (AvgIpc) is 3.20. The maximum atomic E-state index is 11.8. The van der Waals surface area contributed by atoms with E-state index in [-0.39, 0.29) is 11.7 Å². The van der Waals surface area contributed by atoms with Crippen molar-refractivity contribution in [3.8, 4) is 11.4 Å². The summed E-state index contributed by atoms with van der Waals surface area (Å²) in [6, 6.07) is 3.41. The minimum atomic E-state index is -0.192. The molecule has 0 fully saturated rings. The summed E-state index contributed by atoms with van der Waals surface area (Å²) in [5, 5.41) is 15.1. The molecule has 1 amide bonds. The predicted octanol–water partition coefficient (Wildman–Crippen LogP) is 2.10. The Morgan fingerprint density at radius 3 is 2.91 bits per heavy atom. The zero-order valence-corrected chi connectivity index (χ0v) is 12.8. The number of rotatable bonds is 5. The molecule has 0 atom stereocenters. The first-order chi connectivity index (χ1) is 10.6. The molecule has 0 radical (unpaired) electrons. The van der Waals surface area contributed by atoms with E-state index in [2.05, 4.69) is 25.2 Å². The SMILES string of the molecule is Cc1occc1-c1nnc(SCC(=O)Nc2ccon2)n1C. The fraction of sp³-hybridized carbons (Fsp3) is 0.231. The van der Waals surface area contributed by atoms with E-state index in [0.717, 1.165) is 11.3 Å². The molecule has 3 aromatic rings. The number of nitrogens with zero attached hydrogens (tertiary/aromatic N) is 4. The summed E-state index contributed by atoms with van der Waals surface area (Å²) in [5.74, 6) is 1.87. The summed E-state index contributed by atoms with van der Waals surface area (Å²) in [7, 11) is 1.85. The molecule has 22 heavy (non-hydrogen) atoms. The molecule has 0 aliphatic heterocycles. The third kappa shape index (κ3) is 2.89. The normalized spacial score (nSPS) is 10.8. The zero-order valence-electron chi connectivity index (χ0n) is 11.9. The van der Waals surface area contributed by atoms with Crippen molar-refractivity contribution in [1.29, 1.82) is 0 Å². The molecule has 0 aromatic carbocycles. The largest absolute Gasteiger partial charge is 0.469 e. The number of aromatic nitrogens is 4. The van der Waals surface area contributed by atoms with Gasteiger partial charge in [-0.1, -0.05) is 16.9 Å². The molecule has 0 bridgehead atoms. The lowest BCUT2D eigenvalue weighted by Crippen LogP contribution is -2.14. The molecular weight excluding hydrogens is 306 g/mol. The third-order valence-electron chi connectivity index (χ3n) is 2.97. The number of carbonyl (C=O) groups excluding carboxylic acids is 1. The highest BCUT2D eigenvalue weighted by Crippen LogP contribution is 2.25. The van der Waals surface area contributed by atoms with Crippen molar-refractivity contribution in [3.63, 3.8) is 0 Å². The van der Waals surface area contributed by atoms with Crippen LogP contribution in [0.5, 0.6) is 0 Å². The van der Waals surface area contributed by atoms with Gasteiger partial charge in [-0.3, -0.25) is 4.79 Å². The smallest absolute Gasteiger partial charge is 0.236 e. The Hall–Kier alpha value is -2.55. The zero-order chi connectivity index (χ0) is 15.5. The molecular formula is C13H13N5O3S. The van der Waals surface area contributed by atoms with Crippen LogP contribution in [0.15, 0.2) is 38.8 Å². The minimum absolute atomic E-state index is 0.192. The Kier molecular flexibility index (Phi) is 3.96. The Labute approximate surface area is 129 Å². The molecule has 3 aromatic heterocycles.